The second-order valence-corrected chi connectivity index (χ2v) is 5.77. The van der Waals surface area contributed by atoms with Crippen molar-refractivity contribution in [2.75, 3.05) is 0 Å². The number of rotatable bonds is 3. The fourth-order valence-corrected chi connectivity index (χ4v) is 2.79. The zero-order valence-corrected chi connectivity index (χ0v) is 12.7. The van der Waals surface area contributed by atoms with Crippen LogP contribution in [0, 0.1) is 6.92 Å². The third-order valence-corrected chi connectivity index (χ3v) is 4.01. The van der Waals surface area contributed by atoms with E-state index in [9.17, 15) is 0 Å². The summed E-state index contributed by atoms with van der Waals surface area (Å²) in [4.78, 5) is 4.47. The van der Waals surface area contributed by atoms with Crippen molar-refractivity contribution in [2.45, 2.75) is 19.4 Å². The number of halogens is 1. The van der Waals surface area contributed by atoms with Crippen LogP contribution in [0.2, 0.25) is 0 Å². The number of oxazole rings is 1. The summed E-state index contributed by atoms with van der Waals surface area (Å²) in [7, 11) is 0. The quantitative estimate of drug-likeness (QED) is 0.785. The SMILES string of the molecule is Cc1ccc(Br)c(C(N)Cc2nc3ccccc3o2)c1. The minimum atomic E-state index is -0.141. The van der Waals surface area contributed by atoms with E-state index < -0.39 is 0 Å². The smallest absolute Gasteiger partial charge is 0.197 e. The summed E-state index contributed by atoms with van der Waals surface area (Å²) in [5.41, 5.74) is 10.2. The van der Waals surface area contributed by atoms with Crippen molar-refractivity contribution in [2.24, 2.45) is 5.73 Å². The van der Waals surface area contributed by atoms with Gasteiger partial charge in [0.1, 0.15) is 5.52 Å². The number of nitrogens with zero attached hydrogens (tertiary/aromatic N) is 1. The van der Waals surface area contributed by atoms with Crippen molar-refractivity contribution in [3.8, 4) is 0 Å². The Kier molecular flexibility index (Phi) is 3.59. The summed E-state index contributed by atoms with van der Waals surface area (Å²) in [6.45, 7) is 2.06. The summed E-state index contributed by atoms with van der Waals surface area (Å²) in [6.07, 6.45) is 0.580. The molecule has 0 bridgehead atoms. The molecule has 0 radical (unpaired) electrons. The monoisotopic (exact) mass is 330 g/mol. The van der Waals surface area contributed by atoms with Crippen LogP contribution in [0.3, 0.4) is 0 Å². The first-order valence-electron chi connectivity index (χ1n) is 6.49. The third kappa shape index (κ3) is 2.62. The van der Waals surface area contributed by atoms with Crippen LogP contribution >= 0.6 is 15.9 Å². The molecule has 0 saturated heterocycles. The van der Waals surface area contributed by atoms with Crippen LogP contribution in [0.5, 0.6) is 0 Å². The van der Waals surface area contributed by atoms with Gasteiger partial charge < -0.3 is 10.2 Å². The first kappa shape index (κ1) is 13.3. The van der Waals surface area contributed by atoms with E-state index >= 15 is 0 Å². The lowest BCUT2D eigenvalue weighted by molar-refractivity contribution is 0.502. The maximum Gasteiger partial charge on any atom is 0.197 e. The Morgan fingerprint density at radius 1 is 1.25 bits per heavy atom. The molecule has 2 aromatic carbocycles. The Hall–Kier alpha value is -1.65. The van der Waals surface area contributed by atoms with Gasteiger partial charge in [-0.15, -0.1) is 0 Å². The third-order valence-electron chi connectivity index (χ3n) is 3.28. The molecule has 0 fully saturated rings. The maximum absolute atomic E-state index is 6.29. The van der Waals surface area contributed by atoms with Gasteiger partial charge in [-0.25, -0.2) is 4.98 Å². The van der Waals surface area contributed by atoms with Crippen molar-refractivity contribution in [3.63, 3.8) is 0 Å². The van der Waals surface area contributed by atoms with Crippen LogP contribution in [-0.4, -0.2) is 4.98 Å². The highest BCUT2D eigenvalue weighted by molar-refractivity contribution is 9.10. The molecule has 4 heteroatoms. The molecule has 0 spiro atoms. The van der Waals surface area contributed by atoms with Crippen molar-refractivity contribution >= 4 is 27.0 Å². The van der Waals surface area contributed by atoms with Crippen LogP contribution in [0.25, 0.3) is 11.1 Å². The summed E-state index contributed by atoms with van der Waals surface area (Å²) in [6, 6.07) is 13.8. The molecule has 0 aliphatic carbocycles. The van der Waals surface area contributed by atoms with Crippen molar-refractivity contribution in [3.05, 3.63) is 64.0 Å². The Bertz CT molecular complexity index is 718. The zero-order chi connectivity index (χ0) is 14.1. The standard InChI is InChI=1S/C16H15BrN2O/c1-10-6-7-12(17)11(8-10)13(18)9-16-19-14-4-2-3-5-15(14)20-16/h2-8,13H,9,18H2,1H3. The van der Waals surface area contributed by atoms with E-state index in [0.29, 0.717) is 12.3 Å². The lowest BCUT2D eigenvalue weighted by Crippen LogP contribution is -2.14. The number of aryl methyl sites for hydroxylation is 1. The predicted molar refractivity (Wildman–Crippen MR) is 83.5 cm³/mol. The number of aromatic nitrogens is 1. The summed E-state index contributed by atoms with van der Waals surface area (Å²) in [5, 5.41) is 0. The number of hydrogen-bond donors (Lipinski definition) is 1. The van der Waals surface area contributed by atoms with E-state index in [4.69, 9.17) is 10.2 Å². The maximum atomic E-state index is 6.29. The first-order valence-corrected chi connectivity index (χ1v) is 7.29. The molecule has 20 heavy (non-hydrogen) atoms. The number of hydrogen-bond acceptors (Lipinski definition) is 3. The van der Waals surface area contributed by atoms with E-state index in [1.807, 2.05) is 30.3 Å². The molecule has 3 nitrogen and oxygen atoms in total. The van der Waals surface area contributed by atoms with Crippen LogP contribution < -0.4 is 5.73 Å². The number of nitrogens with two attached hydrogens (primary N) is 1. The largest absolute Gasteiger partial charge is 0.441 e. The topological polar surface area (TPSA) is 52.0 Å². The van der Waals surface area contributed by atoms with Gasteiger partial charge in [-0.05, 0) is 30.7 Å². The molecule has 0 saturated carbocycles. The molecule has 102 valence electrons. The second kappa shape index (κ2) is 5.38. The van der Waals surface area contributed by atoms with Crippen LogP contribution in [0.4, 0.5) is 0 Å². The molecule has 0 amide bonds. The molecular formula is C16H15BrN2O. The molecule has 1 heterocycles. The van der Waals surface area contributed by atoms with Crippen LogP contribution in [0.1, 0.15) is 23.1 Å². The normalized spacial score (nSPS) is 12.8. The van der Waals surface area contributed by atoms with Crippen molar-refractivity contribution in [1.29, 1.82) is 0 Å². The van der Waals surface area contributed by atoms with Gasteiger partial charge in [-0.1, -0.05) is 45.8 Å². The highest BCUT2D eigenvalue weighted by Crippen LogP contribution is 2.26. The average molecular weight is 331 g/mol. The van der Waals surface area contributed by atoms with Gasteiger partial charge in [0.2, 0.25) is 0 Å². The zero-order valence-electron chi connectivity index (χ0n) is 11.1. The molecule has 1 unspecified atom stereocenters. The van der Waals surface area contributed by atoms with Gasteiger partial charge in [0, 0.05) is 16.9 Å². The van der Waals surface area contributed by atoms with E-state index in [0.717, 1.165) is 21.1 Å². The summed E-state index contributed by atoms with van der Waals surface area (Å²) in [5.74, 6) is 0.673. The highest BCUT2D eigenvalue weighted by atomic mass is 79.9. The summed E-state index contributed by atoms with van der Waals surface area (Å²) < 4.78 is 6.74. The van der Waals surface area contributed by atoms with E-state index in [2.05, 4.69) is 40.0 Å². The Morgan fingerprint density at radius 2 is 2.05 bits per heavy atom. The second-order valence-electron chi connectivity index (χ2n) is 4.91. The van der Waals surface area contributed by atoms with Gasteiger partial charge in [-0.2, -0.15) is 0 Å². The molecule has 2 N–H and O–H groups in total. The Morgan fingerprint density at radius 3 is 2.85 bits per heavy atom. The number of fused-ring (bicyclic) bond motifs is 1. The molecule has 0 aliphatic heterocycles. The molecule has 3 rings (SSSR count). The first-order chi connectivity index (χ1) is 9.63. The fourth-order valence-electron chi connectivity index (χ4n) is 2.25. The van der Waals surface area contributed by atoms with Gasteiger partial charge >= 0.3 is 0 Å². The number of benzene rings is 2. The average Bonchev–Trinajstić information content (AvgIpc) is 2.83. The van der Waals surface area contributed by atoms with E-state index in [1.165, 1.54) is 5.56 Å². The highest BCUT2D eigenvalue weighted by Gasteiger charge is 2.14. The minimum absolute atomic E-state index is 0.141. The molecular weight excluding hydrogens is 316 g/mol. The predicted octanol–water partition coefficient (Wildman–Crippen LogP) is 4.14. The van der Waals surface area contributed by atoms with Crippen LogP contribution in [0.15, 0.2) is 51.4 Å². The van der Waals surface area contributed by atoms with Crippen molar-refractivity contribution in [1.82, 2.24) is 4.98 Å². The lowest BCUT2D eigenvalue weighted by Gasteiger charge is -2.12. The molecule has 1 atom stereocenters. The molecule has 1 aromatic heterocycles. The lowest BCUT2D eigenvalue weighted by atomic mass is 10.0. The molecule has 3 aromatic rings. The van der Waals surface area contributed by atoms with Crippen LogP contribution in [-0.2, 0) is 6.42 Å². The van der Waals surface area contributed by atoms with Crippen molar-refractivity contribution < 1.29 is 4.42 Å². The van der Waals surface area contributed by atoms with Gasteiger partial charge in [0.25, 0.3) is 0 Å². The Balaban J connectivity index is 1.88. The summed E-state index contributed by atoms with van der Waals surface area (Å²) >= 11 is 3.55. The Labute approximate surface area is 125 Å². The van der Waals surface area contributed by atoms with Gasteiger partial charge in [0.05, 0.1) is 0 Å². The minimum Gasteiger partial charge on any atom is -0.441 e. The number of para-hydroxylation sites is 2. The molecule has 0 aliphatic rings. The van der Waals surface area contributed by atoms with Gasteiger partial charge in [0.15, 0.2) is 11.5 Å². The van der Waals surface area contributed by atoms with E-state index in [-0.39, 0.29) is 6.04 Å². The van der Waals surface area contributed by atoms with Gasteiger partial charge in [-0.3, -0.25) is 0 Å². The van der Waals surface area contributed by atoms with E-state index in [1.54, 1.807) is 0 Å². The fraction of sp³-hybridized carbons (Fsp3) is 0.188.